The van der Waals surface area contributed by atoms with Crippen LogP contribution in [0.5, 0.6) is 0 Å². The van der Waals surface area contributed by atoms with Crippen molar-refractivity contribution < 1.29 is 4.92 Å². The minimum absolute atomic E-state index is 0.0163. The van der Waals surface area contributed by atoms with E-state index < -0.39 is 16.8 Å². The number of hydrogen-bond donors (Lipinski definition) is 1. The summed E-state index contributed by atoms with van der Waals surface area (Å²) < 4.78 is 0. The van der Waals surface area contributed by atoms with Gasteiger partial charge in [0.25, 0.3) is 5.69 Å². The van der Waals surface area contributed by atoms with Gasteiger partial charge in [0.2, 0.25) is 0 Å². The minimum atomic E-state index is -0.527. The molecule has 116 valence electrons. The van der Waals surface area contributed by atoms with Gasteiger partial charge < -0.3 is 0 Å². The van der Waals surface area contributed by atoms with Gasteiger partial charge in [0, 0.05) is 28.8 Å². The first-order valence-electron chi connectivity index (χ1n) is 7.41. The molecule has 2 atom stereocenters. The van der Waals surface area contributed by atoms with Crippen molar-refractivity contribution in [3.63, 3.8) is 0 Å². The van der Waals surface area contributed by atoms with Crippen molar-refractivity contribution >= 4 is 17.2 Å². The Kier molecular flexibility index (Phi) is 3.89. The minimum Gasteiger partial charge on any atom is -0.261 e. The van der Waals surface area contributed by atoms with E-state index in [0.717, 1.165) is 17.7 Å². The lowest BCUT2D eigenvalue weighted by atomic mass is 9.76. The van der Waals surface area contributed by atoms with Gasteiger partial charge >= 0.3 is 0 Å². The Labute approximate surface area is 132 Å². The lowest BCUT2D eigenvalue weighted by Gasteiger charge is -2.26. The zero-order valence-corrected chi connectivity index (χ0v) is 12.6. The highest BCUT2D eigenvalue weighted by Crippen LogP contribution is 2.44. The number of nitro benzene ring substituents is 1. The van der Waals surface area contributed by atoms with Crippen LogP contribution in [-0.4, -0.2) is 20.8 Å². The summed E-state index contributed by atoms with van der Waals surface area (Å²) in [6, 6.07) is 8.84. The van der Waals surface area contributed by atoms with Crippen LogP contribution in [-0.2, 0) is 0 Å². The summed E-state index contributed by atoms with van der Waals surface area (Å²) in [6.07, 6.45) is 3.13. The number of aromatic nitrogens is 2. The highest BCUT2D eigenvalue weighted by Gasteiger charge is 2.38. The van der Waals surface area contributed by atoms with E-state index in [4.69, 9.17) is 0 Å². The third-order valence-electron chi connectivity index (χ3n) is 4.04. The number of fused-ring (bicyclic) bond motifs is 1. The Bertz CT molecular complexity index is 818. The van der Waals surface area contributed by atoms with Crippen molar-refractivity contribution in [2.45, 2.75) is 25.7 Å². The van der Waals surface area contributed by atoms with Crippen molar-refractivity contribution in [2.24, 2.45) is 10.9 Å². The Morgan fingerprint density at radius 3 is 2.87 bits per heavy atom. The molecule has 0 amide bonds. The summed E-state index contributed by atoms with van der Waals surface area (Å²) >= 11 is 0. The molecule has 0 fully saturated rings. The second-order valence-corrected chi connectivity index (χ2v) is 5.43. The lowest BCUT2D eigenvalue weighted by molar-refractivity contribution is -0.385. The van der Waals surface area contributed by atoms with Crippen LogP contribution in [0.25, 0.3) is 0 Å². The number of nitrogens with zero attached hydrogens (tertiary/aromatic N) is 4. The zero-order chi connectivity index (χ0) is 16.4. The molecule has 7 heteroatoms. The summed E-state index contributed by atoms with van der Waals surface area (Å²) in [6.45, 7) is 2.01. The molecule has 0 aliphatic carbocycles. The normalized spacial score (nSPS) is 19.6. The van der Waals surface area contributed by atoms with E-state index in [9.17, 15) is 15.4 Å². The molecule has 1 aliphatic heterocycles. The first kappa shape index (κ1) is 14.9. The van der Waals surface area contributed by atoms with Crippen molar-refractivity contribution in [2.75, 3.05) is 0 Å². The van der Waals surface area contributed by atoms with Crippen LogP contribution < -0.4 is 0 Å². The average molecular weight is 309 g/mol. The molecule has 1 N–H and O–H groups in total. The van der Waals surface area contributed by atoms with E-state index in [1.165, 1.54) is 6.07 Å². The Hall–Kier alpha value is -3.01. The van der Waals surface area contributed by atoms with Gasteiger partial charge in [0.05, 0.1) is 23.1 Å². The number of rotatable bonds is 4. The standard InChI is InChI=1S/C16H15N5O2/c1-2-5-13-11(8-17)15(12-9-18-20-16(12)19-13)10-6-3-4-7-14(10)21(22)23/h3-4,6-7,9,11,15H,2,5H2,1H3,(H,18,20). The first-order chi connectivity index (χ1) is 11.2. The van der Waals surface area contributed by atoms with Gasteiger partial charge in [-0.15, -0.1) is 0 Å². The number of nitrogens with one attached hydrogen (secondary N) is 1. The van der Waals surface area contributed by atoms with E-state index in [1.807, 2.05) is 6.92 Å². The van der Waals surface area contributed by atoms with Crippen molar-refractivity contribution in [1.82, 2.24) is 10.2 Å². The van der Waals surface area contributed by atoms with Crippen molar-refractivity contribution in [3.05, 3.63) is 51.7 Å². The molecule has 0 saturated carbocycles. The second kappa shape index (κ2) is 6.01. The third kappa shape index (κ3) is 2.48. The maximum atomic E-state index is 11.4. The van der Waals surface area contributed by atoms with E-state index in [-0.39, 0.29) is 5.69 Å². The van der Waals surface area contributed by atoms with Crippen LogP contribution >= 0.6 is 0 Å². The molecule has 0 spiro atoms. The quantitative estimate of drug-likeness (QED) is 0.688. The monoisotopic (exact) mass is 309 g/mol. The molecule has 1 aromatic heterocycles. The van der Waals surface area contributed by atoms with E-state index >= 15 is 0 Å². The summed E-state index contributed by atoms with van der Waals surface area (Å²) in [5.74, 6) is -0.376. The molecule has 2 heterocycles. The maximum absolute atomic E-state index is 11.4. The van der Waals surface area contributed by atoms with Gasteiger partial charge in [-0.05, 0) is 6.42 Å². The number of aromatic amines is 1. The molecule has 2 unspecified atom stereocenters. The number of nitro groups is 1. The van der Waals surface area contributed by atoms with E-state index in [0.29, 0.717) is 17.8 Å². The molecule has 1 aromatic carbocycles. The predicted octanol–water partition coefficient (Wildman–Crippen LogP) is 3.48. The van der Waals surface area contributed by atoms with Crippen molar-refractivity contribution in [3.8, 4) is 6.07 Å². The summed E-state index contributed by atoms with van der Waals surface area (Å²) in [5.41, 5.74) is 2.01. The summed E-state index contributed by atoms with van der Waals surface area (Å²) in [4.78, 5) is 15.5. The van der Waals surface area contributed by atoms with Gasteiger partial charge in [0.15, 0.2) is 5.82 Å². The smallest absolute Gasteiger partial charge is 0.261 e. The molecule has 0 saturated heterocycles. The van der Waals surface area contributed by atoms with Gasteiger partial charge in [-0.3, -0.25) is 15.2 Å². The van der Waals surface area contributed by atoms with Crippen LogP contribution in [0.4, 0.5) is 11.5 Å². The Morgan fingerprint density at radius 1 is 1.39 bits per heavy atom. The average Bonchev–Trinajstić information content (AvgIpc) is 3.01. The van der Waals surface area contributed by atoms with Gasteiger partial charge in [-0.1, -0.05) is 31.5 Å². The van der Waals surface area contributed by atoms with E-state index in [1.54, 1.807) is 24.4 Å². The second-order valence-electron chi connectivity index (χ2n) is 5.43. The number of H-pyrrole nitrogens is 1. The molecule has 2 aromatic rings. The number of aliphatic imine (C=N–C) groups is 1. The summed E-state index contributed by atoms with van der Waals surface area (Å²) in [5, 5.41) is 27.9. The van der Waals surface area contributed by atoms with Crippen LogP contribution in [0, 0.1) is 27.4 Å². The van der Waals surface area contributed by atoms with Crippen LogP contribution in [0.3, 0.4) is 0 Å². The fraction of sp³-hybridized carbons (Fsp3) is 0.312. The van der Waals surface area contributed by atoms with Crippen LogP contribution in [0.1, 0.15) is 36.8 Å². The molecule has 7 nitrogen and oxygen atoms in total. The molecule has 3 rings (SSSR count). The molecule has 1 aliphatic rings. The van der Waals surface area contributed by atoms with Crippen LogP contribution in [0.2, 0.25) is 0 Å². The molecule has 0 bridgehead atoms. The first-order valence-corrected chi connectivity index (χ1v) is 7.41. The molecule has 23 heavy (non-hydrogen) atoms. The van der Waals surface area contributed by atoms with Gasteiger partial charge in [-0.2, -0.15) is 10.4 Å². The van der Waals surface area contributed by atoms with Gasteiger partial charge in [0.1, 0.15) is 0 Å². The highest BCUT2D eigenvalue weighted by molar-refractivity contribution is 5.94. The topological polar surface area (TPSA) is 108 Å². The van der Waals surface area contributed by atoms with Gasteiger partial charge in [-0.25, -0.2) is 4.99 Å². The third-order valence-corrected chi connectivity index (χ3v) is 4.04. The predicted molar refractivity (Wildman–Crippen MR) is 84.6 cm³/mol. The number of hydrogen-bond acceptors (Lipinski definition) is 5. The number of para-hydroxylation sites is 1. The molecular formula is C16H15N5O2. The fourth-order valence-electron chi connectivity index (χ4n) is 3.07. The Balaban J connectivity index is 2.20. The lowest BCUT2D eigenvalue weighted by Crippen LogP contribution is -2.25. The Morgan fingerprint density at radius 2 is 2.17 bits per heavy atom. The maximum Gasteiger partial charge on any atom is 0.273 e. The molecular weight excluding hydrogens is 294 g/mol. The van der Waals surface area contributed by atoms with Crippen LogP contribution in [0.15, 0.2) is 35.5 Å². The summed E-state index contributed by atoms with van der Waals surface area (Å²) in [7, 11) is 0. The molecule has 0 radical (unpaired) electrons. The largest absolute Gasteiger partial charge is 0.273 e. The highest BCUT2D eigenvalue weighted by atomic mass is 16.6. The zero-order valence-electron chi connectivity index (χ0n) is 12.6. The van der Waals surface area contributed by atoms with Crippen molar-refractivity contribution in [1.29, 1.82) is 5.26 Å². The number of benzene rings is 1. The number of nitriles is 1. The van der Waals surface area contributed by atoms with E-state index in [2.05, 4.69) is 21.3 Å². The fourth-order valence-corrected chi connectivity index (χ4v) is 3.07. The SMILES string of the molecule is CCCC1=Nc2[nH]ncc2C(c2ccccc2[N+](=O)[O-])C1C#N.